The van der Waals surface area contributed by atoms with Crippen LogP contribution in [0.3, 0.4) is 0 Å². The Morgan fingerprint density at radius 3 is 2.38 bits per heavy atom. The molecule has 0 aliphatic heterocycles. The molecule has 5 nitrogen and oxygen atoms in total. The Hall–Kier alpha value is -2.86. The smallest absolute Gasteiger partial charge is 0.258 e. The van der Waals surface area contributed by atoms with Crippen LogP contribution in [0.25, 0.3) is 10.8 Å². The first-order valence-corrected chi connectivity index (χ1v) is 8.78. The molecule has 3 aromatic rings. The van der Waals surface area contributed by atoms with Crippen molar-refractivity contribution in [2.24, 2.45) is 5.73 Å². The monoisotopic (exact) mass is 412 g/mol. The Morgan fingerprint density at radius 1 is 1.00 bits per heavy atom. The minimum absolute atomic E-state index is 0.210. The fraction of sp³-hybridized carbons (Fsp3) is 0.100. The molecule has 0 saturated carbocycles. The van der Waals surface area contributed by atoms with Crippen molar-refractivity contribution >= 4 is 38.5 Å². The fourth-order valence-electron chi connectivity index (χ4n) is 2.58. The Balaban J connectivity index is 1.64. The predicted octanol–water partition coefficient (Wildman–Crippen LogP) is 3.32. The summed E-state index contributed by atoms with van der Waals surface area (Å²) in [5.41, 5.74) is 6.03. The van der Waals surface area contributed by atoms with Gasteiger partial charge in [-0.15, -0.1) is 0 Å². The van der Waals surface area contributed by atoms with E-state index in [1.807, 2.05) is 36.4 Å². The van der Waals surface area contributed by atoms with Crippen LogP contribution in [0, 0.1) is 0 Å². The average molecular weight is 413 g/mol. The molecule has 6 heteroatoms. The molecule has 0 aromatic heterocycles. The summed E-state index contributed by atoms with van der Waals surface area (Å²) in [6, 6.07) is 19.6. The first-order valence-electron chi connectivity index (χ1n) is 7.99. The molecule has 0 aliphatic rings. The maximum atomic E-state index is 12.2. The highest BCUT2D eigenvalue weighted by molar-refractivity contribution is 9.10. The normalized spacial score (nSPS) is 11.7. The maximum absolute atomic E-state index is 12.2. The van der Waals surface area contributed by atoms with Crippen molar-refractivity contribution in [1.29, 1.82) is 0 Å². The van der Waals surface area contributed by atoms with Crippen molar-refractivity contribution in [1.82, 2.24) is 5.32 Å². The van der Waals surface area contributed by atoms with Crippen LogP contribution in [0.4, 0.5) is 0 Å². The average Bonchev–Trinajstić information content (AvgIpc) is 2.65. The summed E-state index contributed by atoms with van der Waals surface area (Å²) >= 11 is 3.33. The van der Waals surface area contributed by atoms with Gasteiger partial charge >= 0.3 is 0 Å². The van der Waals surface area contributed by atoms with E-state index >= 15 is 0 Å². The molecule has 0 spiro atoms. The number of hydrogen-bond donors (Lipinski definition) is 2. The maximum Gasteiger partial charge on any atom is 0.258 e. The lowest BCUT2D eigenvalue weighted by Gasteiger charge is -2.16. The van der Waals surface area contributed by atoms with Crippen LogP contribution in [0.5, 0.6) is 5.75 Å². The van der Waals surface area contributed by atoms with E-state index < -0.39 is 17.9 Å². The SMILES string of the molecule is NC(=O)[C@H](NC(=O)COc1ccc2ccccc2c1)c1ccc(Br)cc1. The zero-order valence-corrected chi connectivity index (χ0v) is 15.4. The van der Waals surface area contributed by atoms with Gasteiger partial charge in [-0.2, -0.15) is 0 Å². The highest BCUT2D eigenvalue weighted by Gasteiger charge is 2.20. The van der Waals surface area contributed by atoms with Crippen molar-refractivity contribution < 1.29 is 14.3 Å². The third kappa shape index (κ3) is 4.40. The molecule has 3 N–H and O–H groups in total. The van der Waals surface area contributed by atoms with Crippen LogP contribution in [0.1, 0.15) is 11.6 Å². The molecule has 0 unspecified atom stereocenters. The number of hydrogen-bond acceptors (Lipinski definition) is 3. The minimum atomic E-state index is -0.907. The van der Waals surface area contributed by atoms with E-state index in [4.69, 9.17) is 10.5 Å². The zero-order valence-electron chi connectivity index (χ0n) is 13.8. The molecule has 0 radical (unpaired) electrons. The molecule has 0 aliphatic carbocycles. The van der Waals surface area contributed by atoms with Gasteiger partial charge in [0.2, 0.25) is 5.91 Å². The number of carbonyl (C=O) groups is 2. The van der Waals surface area contributed by atoms with Gasteiger partial charge in [-0.1, -0.05) is 58.4 Å². The van der Waals surface area contributed by atoms with Crippen LogP contribution in [-0.2, 0) is 9.59 Å². The molecule has 0 saturated heterocycles. The topological polar surface area (TPSA) is 81.4 Å². The molecular weight excluding hydrogens is 396 g/mol. The fourth-order valence-corrected chi connectivity index (χ4v) is 2.85. The van der Waals surface area contributed by atoms with Crippen molar-refractivity contribution in [3.8, 4) is 5.75 Å². The molecule has 0 fully saturated rings. The van der Waals surface area contributed by atoms with E-state index in [1.54, 1.807) is 30.3 Å². The lowest BCUT2D eigenvalue weighted by Crippen LogP contribution is -2.39. The van der Waals surface area contributed by atoms with Crippen molar-refractivity contribution in [3.05, 3.63) is 76.8 Å². The Labute approximate surface area is 159 Å². The van der Waals surface area contributed by atoms with E-state index in [2.05, 4.69) is 21.2 Å². The van der Waals surface area contributed by atoms with Crippen LogP contribution < -0.4 is 15.8 Å². The number of ether oxygens (including phenoxy) is 1. The summed E-state index contributed by atoms with van der Waals surface area (Å²) in [5.74, 6) is -0.477. The lowest BCUT2D eigenvalue weighted by atomic mass is 10.1. The molecule has 1 atom stereocenters. The number of benzene rings is 3. The second-order valence-corrected chi connectivity index (χ2v) is 6.67. The van der Waals surface area contributed by atoms with Crippen LogP contribution in [-0.4, -0.2) is 18.4 Å². The number of amides is 2. The summed E-state index contributed by atoms with van der Waals surface area (Å²) in [6.45, 7) is -0.210. The summed E-state index contributed by atoms with van der Waals surface area (Å²) in [5, 5.41) is 4.72. The number of primary amides is 1. The van der Waals surface area contributed by atoms with E-state index in [0.717, 1.165) is 15.2 Å². The first kappa shape index (κ1) is 17.9. The Bertz CT molecular complexity index is 941. The Kier molecular flexibility index (Phi) is 5.53. The van der Waals surface area contributed by atoms with E-state index in [-0.39, 0.29) is 6.61 Å². The van der Waals surface area contributed by atoms with Gasteiger partial charge in [0.1, 0.15) is 11.8 Å². The number of nitrogens with one attached hydrogen (secondary N) is 1. The number of halogens is 1. The molecule has 2 amide bonds. The Morgan fingerprint density at radius 2 is 1.69 bits per heavy atom. The van der Waals surface area contributed by atoms with Gasteiger partial charge < -0.3 is 15.8 Å². The third-order valence-corrected chi connectivity index (χ3v) is 4.41. The number of fused-ring (bicyclic) bond motifs is 1. The van der Waals surface area contributed by atoms with E-state index in [1.165, 1.54) is 0 Å². The summed E-state index contributed by atoms with van der Waals surface area (Å²) < 4.78 is 6.41. The minimum Gasteiger partial charge on any atom is -0.484 e. The highest BCUT2D eigenvalue weighted by atomic mass is 79.9. The van der Waals surface area contributed by atoms with E-state index in [0.29, 0.717) is 11.3 Å². The second kappa shape index (κ2) is 8.01. The third-order valence-electron chi connectivity index (χ3n) is 3.88. The van der Waals surface area contributed by atoms with Gasteiger partial charge in [-0.3, -0.25) is 9.59 Å². The number of carbonyl (C=O) groups excluding carboxylic acids is 2. The van der Waals surface area contributed by atoms with Crippen LogP contribution in [0.15, 0.2) is 71.2 Å². The molecule has 0 bridgehead atoms. The molecule has 26 heavy (non-hydrogen) atoms. The second-order valence-electron chi connectivity index (χ2n) is 5.75. The van der Waals surface area contributed by atoms with E-state index in [9.17, 15) is 9.59 Å². The molecule has 3 aromatic carbocycles. The summed E-state index contributed by atoms with van der Waals surface area (Å²) in [4.78, 5) is 23.9. The molecule has 132 valence electrons. The quantitative estimate of drug-likeness (QED) is 0.651. The molecule has 0 heterocycles. The summed E-state index contributed by atoms with van der Waals surface area (Å²) in [6.07, 6.45) is 0. The molecular formula is C20H17BrN2O3. The van der Waals surface area contributed by atoms with Crippen LogP contribution in [0.2, 0.25) is 0 Å². The first-order chi connectivity index (χ1) is 12.5. The predicted molar refractivity (Wildman–Crippen MR) is 104 cm³/mol. The van der Waals surface area contributed by atoms with Gasteiger partial charge in [0.05, 0.1) is 0 Å². The van der Waals surface area contributed by atoms with Gasteiger partial charge in [-0.25, -0.2) is 0 Å². The largest absolute Gasteiger partial charge is 0.484 e. The number of rotatable bonds is 6. The van der Waals surface area contributed by atoms with Crippen molar-refractivity contribution in [3.63, 3.8) is 0 Å². The van der Waals surface area contributed by atoms with Gasteiger partial charge in [0, 0.05) is 4.47 Å². The molecule has 3 rings (SSSR count). The van der Waals surface area contributed by atoms with Crippen molar-refractivity contribution in [2.75, 3.05) is 6.61 Å². The van der Waals surface area contributed by atoms with Crippen LogP contribution >= 0.6 is 15.9 Å². The van der Waals surface area contributed by atoms with Gasteiger partial charge in [-0.05, 0) is 40.6 Å². The number of nitrogens with two attached hydrogens (primary N) is 1. The summed E-state index contributed by atoms with van der Waals surface area (Å²) in [7, 11) is 0. The lowest BCUT2D eigenvalue weighted by molar-refractivity contribution is -0.128. The highest BCUT2D eigenvalue weighted by Crippen LogP contribution is 2.21. The van der Waals surface area contributed by atoms with Gasteiger partial charge in [0.15, 0.2) is 6.61 Å². The van der Waals surface area contributed by atoms with Crippen molar-refractivity contribution in [2.45, 2.75) is 6.04 Å². The standard InChI is InChI=1S/C20H17BrN2O3/c21-16-8-5-14(6-9-16)19(20(22)25)23-18(24)12-26-17-10-7-13-3-1-2-4-15(13)11-17/h1-11,19H,12H2,(H2,22,25)(H,23,24)/t19-/m1/s1. The zero-order chi connectivity index (χ0) is 18.5. The van der Waals surface area contributed by atoms with Gasteiger partial charge in [0.25, 0.3) is 5.91 Å².